The van der Waals surface area contributed by atoms with Crippen LogP contribution in [0.1, 0.15) is 9.67 Å². The van der Waals surface area contributed by atoms with Crippen LogP contribution in [0.25, 0.3) is 10.1 Å². The molecule has 0 saturated carbocycles. The zero-order valence-electron chi connectivity index (χ0n) is 13.2. The van der Waals surface area contributed by atoms with Crippen molar-refractivity contribution in [3.8, 4) is 5.75 Å². The summed E-state index contributed by atoms with van der Waals surface area (Å²) in [7, 11) is 1.55. The molecule has 2 aromatic carbocycles. The second-order valence-electron chi connectivity index (χ2n) is 5.12. The molecule has 0 saturated heterocycles. The average molecular weight is 359 g/mol. The van der Waals surface area contributed by atoms with E-state index in [9.17, 15) is 14.0 Å². The Morgan fingerprint density at radius 3 is 2.60 bits per heavy atom. The highest BCUT2D eigenvalue weighted by Gasteiger charge is 2.15. The molecule has 0 bridgehead atoms. The number of halogens is 1. The smallest absolute Gasteiger partial charge is 0.348 e. The van der Waals surface area contributed by atoms with Crippen molar-refractivity contribution < 1.29 is 23.5 Å². The summed E-state index contributed by atoms with van der Waals surface area (Å²) in [6, 6.07) is 12.8. The second-order valence-corrected chi connectivity index (χ2v) is 6.20. The number of methoxy groups -OCH3 is 1. The molecule has 7 heteroatoms. The first-order valence-electron chi connectivity index (χ1n) is 7.36. The fourth-order valence-corrected chi connectivity index (χ4v) is 3.17. The third kappa shape index (κ3) is 3.95. The summed E-state index contributed by atoms with van der Waals surface area (Å²) in [6.45, 7) is -0.429. The first kappa shape index (κ1) is 16.9. The van der Waals surface area contributed by atoms with E-state index in [0.29, 0.717) is 21.5 Å². The Labute approximate surface area is 147 Å². The van der Waals surface area contributed by atoms with Gasteiger partial charge in [-0.2, -0.15) is 0 Å². The number of ether oxygens (including phenoxy) is 2. The largest absolute Gasteiger partial charge is 0.497 e. The van der Waals surface area contributed by atoms with Crippen LogP contribution < -0.4 is 10.1 Å². The zero-order chi connectivity index (χ0) is 17.8. The van der Waals surface area contributed by atoms with Gasteiger partial charge in [0.05, 0.1) is 7.11 Å². The van der Waals surface area contributed by atoms with Gasteiger partial charge in [0.2, 0.25) is 0 Å². The minimum absolute atomic E-state index is 0.248. The summed E-state index contributed by atoms with van der Waals surface area (Å²) < 4.78 is 24.3. The van der Waals surface area contributed by atoms with Crippen molar-refractivity contribution in [3.63, 3.8) is 0 Å². The maximum atomic E-state index is 13.7. The van der Waals surface area contributed by atoms with Gasteiger partial charge in [-0.25, -0.2) is 9.18 Å². The minimum atomic E-state index is -0.662. The van der Waals surface area contributed by atoms with Crippen molar-refractivity contribution in [3.05, 3.63) is 59.2 Å². The lowest BCUT2D eigenvalue weighted by molar-refractivity contribution is -0.119. The van der Waals surface area contributed by atoms with E-state index in [1.807, 2.05) is 0 Å². The van der Waals surface area contributed by atoms with Gasteiger partial charge < -0.3 is 14.8 Å². The molecule has 1 aromatic heterocycles. The van der Waals surface area contributed by atoms with E-state index in [2.05, 4.69) is 5.32 Å². The van der Waals surface area contributed by atoms with E-state index >= 15 is 0 Å². The Morgan fingerprint density at radius 1 is 1.16 bits per heavy atom. The highest BCUT2D eigenvalue weighted by atomic mass is 32.1. The Kier molecular flexibility index (Phi) is 4.95. The van der Waals surface area contributed by atoms with Gasteiger partial charge in [-0.1, -0.05) is 6.07 Å². The van der Waals surface area contributed by atoms with Gasteiger partial charge in [0, 0.05) is 15.8 Å². The standard InChI is InChI=1S/C18H14FNO4S/c1-23-12-7-5-11(6-8-12)20-17(21)10-24-18(22)16-9-13-14(19)3-2-4-15(13)25-16/h2-9H,10H2,1H3,(H,20,21). The molecule has 3 aromatic rings. The van der Waals surface area contributed by atoms with E-state index in [-0.39, 0.29) is 4.88 Å². The fourth-order valence-electron chi connectivity index (χ4n) is 2.20. The van der Waals surface area contributed by atoms with Crippen molar-refractivity contribution in [2.75, 3.05) is 19.0 Å². The van der Waals surface area contributed by atoms with E-state index < -0.39 is 24.3 Å². The molecule has 0 unspecified atom stereocenters. The van der Waals surface area contributed by atoms with E-state index in [0.717, 1.165) is 11.3 Å². The predicted octanol–water partition coefficient (Wildman–Crippen LogP) is 3.84. The first-order valence-corrected chi connectivity index (χ1v) is 8.17. The van der Waals surface area contributed by atoms with Crippen molar-refractivity contribution in [1.82, 2.24) is 0 Å². The zero-order valence-corrected chi connectivity index (χ0v) is 14.1. The number of esters is 1. The molecule has 3 rings (SSSR count). The summed E-state index contributed by atoms with van der Waals surface area (Å²) >= 11 is 1.12. The quantitative estimate of drug-likeness (QED) is 0.703. The second kappa shape index (κ2) is 7.31. The molecule has 5 nitrogen and oxygen atoms in total. The number of carbonyl (C=O) groups is 2. The predicted molar refractivity (Wildman–Crippen MR) is 93.7 cm³/mol. The normalized spacial score (nSPS) is 10.5. The molecular formula is C18H14FNO4S. The van der Waals surface area contributed by atoms with Crippen LogP contribution in [0.15, 0.2) is 48.5 Å². The molecule has 1 N–H and O–H groups in total. The molecule has 128 valence electrons. The van der Waals surface area contributed by atoms with Crippen molar-refractivity contribution >= 4 is 39.0 Å². The van der Waals surface area contributed by atoms with Crippen LogP contribution in [0.4, 0.5) is 10.1 Å². The number of rotatable bonds is 5. The molecule has 1 heterocycles. The van der Waals surface area contributed by atoms with Gasteiger partial charge in [-0.15, -0.1) is 11.3 Å². The molecule has 0 spiro atoms. The van der Waals surface area contributed by atoms with Crippen molar-refractivity contribution in [2.45, 2.75) is 0 Å². The molecule has 0 aliphatic rings. The maximum absolute atomic E-state index is 13.7. The third-order valence-electron chi connectivity index (χ3n) is 3.42. The van der Waals surface area contributed by atoms with Crippen molar-refractivity contribution in [2.24, 2.45) is 0 Å². The fraction of sp³-hybridized carbons (Fsp3) is 0.111. The monoisotopic (exact) mass is 359 g/mol. The number of benzene rings is 2. The molecular weight excluding hydrogens is 345 g/mol. The Morgan fingerprint density at radius 2 is 1.92 bits per heavy atom. The molecule has 0 atom stereocenters. The molecule has 25 heavy (non-hydrogen) atoms. The van der Waals surface area contributed by atoms with Gasteiger partial charge >= 0.3 is 5.97 Å². The summed E-state index contributed by atoms with van der Waals surface area (Å²) in [6.07, 6.45) is 0. The third-order valence-corrected chi connectivity index (χ3v) is 4.50. The highest BCUT2D eigenvalue weighted by molar-refractivity contribution is 7.20. The molecule has 0 aliphatic carbocycles. The Bertz CT molecular complexity index is 920. The summed E-state index contributed by atoms with van der Waals surface area (Å²) in [5.41, 5.74) is 0.561. The topological polar surface area (TPSA) is 64.6 Å². The highest BCUT2D eigenvalue weighted by Crippen LogP contribution is 2.28. The minimum Gasteiger partial charge on any atom is -0.497 e. The lowest BCUT2D eigenvalue weighted by Gasteiger charge is -2.06. The number of fused-ring (bicyclic) bond motifs is 1. The number of hydrogen-bond donors (Lipinski definition) is 1. The van der Waals surface area contributed by atoms with Crippen LogP contribution in [-0.4, -0.2) is 25.6 Å². The number of amides is 1. The van der Waals surface area contributed by atoms with Gasteiger partial charge in [-0.3, -0.25) is 4.79 Å². The summed E-state index contributed by atoms with van der Waals surface area (Å²) in [5.74, 6) is -0.859. The SMILES string of the molecule is COc1ccc(NC(=O)COC(=O)c2cc3c(F)cccc3s2)cc1. The lowest BCUT2D eigenvalue weighted by atomic mass is 10.2. The molecule has 0 radical (unpaired) electrons. The Balaban J connectivity index is 1.58. The van der Waals surface area contributed by atoms with Crippen LogP contribution in [0.5, 0.6) is 5.75 Å². The Hall–Kier alpha value is -2.93. The molecule has 1 amide bonds. The maximum Gasteiger partial charge on any atom is 0.348 e. The van der Waals surface area contributed by atoms with E-state index in [4.69, 9.17) is 9.47 Å². The van der Waals surface area contributed by atoms with Crippen LogP contribution in [-0.2, 0) is 9.53 Å². The summed E-state index contributed by atoms with van der Waals surface area (Å²) in [4.78, 5) is 24.1. The van der Waals surface area contributed by atoms with E-state index in [1.165, 1.54) is 12.1 Å². The van der Waals surface area contributed by atoms with Crippen LogP contribution in [0, 0.1) is 5.82 Å². The van der Waals surface area contributed by atoms with Gasteiger partial charge in [0.1, 0.15) is 16.4 Å². The van der Waals surface area contributed by atoms with E-state index in [1.54, 1.807) is 43.5 Å². The average Bonchev–Trinajstić information content (AvgIpc) is 3.06. The molecule has 0 fully saturated rings. The first-order chi connectivity index (χ1) is 12.1. The van der Waals surface area contributed by atoms with Crippen molar-refractivity contribution in [1.29, 1.82) is 0 Å². The van der Waals surface area contributed by atoms with Crippen LogP contribution in [0.2, 0.25) is 0 Å². The van der Waals surface area contributed by atoms with Gasteiger partial charge in [0.25, 0.3) is 5.91 Å². The van der Waals surface area contributed by atoms with Gasteiger partial charge in [-0.05, 0) is 42.5 Å². The number of nitrogens with one attached hydrogen (secondary N) is 1. The molecule has 0 aliphatic heterocycles. The number of thiophene rings is 1. The number of carbonyl (C=O) groups excluding carboxylic acids is 2. The lowest BCUT2D eigenvalue weighted by Crippen LogP contribution is -2.20. The summed E-state index contributed by atoms with van der Waals surface area (Å²) in [5, 5.41) is 2.97. The van der Waals surface area contributed by atoms with Crippen LogP contribution in [0.3, 0.4) is 0 Å². The number of anilines is 1. The number of hydrogen-bond acceptors (Lipinski definition) is 5. The van der Waals surface area contributed by atoms with Crippen LogP contribution >= 0.6 is 11.3 Å². The van der Waals surface area contributed by atoms with Gasteiger partial charge in [0.15, 0.2) is 6.61 Å².